The second-order valence-corrected chi connectivity index (χ2v) is 22.5. The zero-order chi connectivity index (χ0) is 50.5. The van der Waals surface area contributed by atoms with Crippen molar-refractivity contribution in [3.05, 3.63) is 155 Å². The van der Waals surface area contributed by atoms with Crippen molar-refractivity contribution in [3.63, 3.8) is 0 Å². The van der Waals surface area contributed by atoms with E-state index >= 15 is 0 Å². The minimum absolute atomic E-state index is 0.0383. The standard InChI is InChI=1S/C61H68O12/c1-37-27-32-61(67-35-37)38(2)50-48(73-61)34-47-45-26-25-43-33-44(28-30-59(43,3)46(45)29-31-60(47,50)4)68-58-53(72-57(65)42-23-15-8-16-24-42)52(71-56(64)41-21-13-7-14-22-41)51(70-55(63)40-19-11-6-12-20-40)49(69-58)36-66-54(62)39-17-9-5-10-18-39/h5-25,37-38,44-53,58H,26-36H2,1-4H3/t37-,38+,44+,45-,46+,47+,48+,49?,50+,51?,52?,53?,58-,59+,60+,61-/m1/s1. The maximum Gasteiger partial charge on any atom is 0.338 e. The Bertz CT molecular complexity index is 2650. The molecule has 1 spiro atoms. The normalized spacial score (nSPS) is 37.3. The Balaban J connectivity index is 0.890. The number of allylic oxidation sites excluding steroid dienone is 1. The predicted molar refractivity (Wildman–Crippen MR) is 269 cm³/mol. The first-order valence-corrected chi connectivity index (χ1v) is 26.7. The van der Waals surface area contributed by atoms with Gasteiger partial charge in [-0.1, -0.05) is 112 Å². The van der Waals surface area contributed by atoms with Crippen LogP contribution in [0.2, 0.25) is 0 Å². The fourth-order valence-corrected chi connectivity index (χ4v) is 14.6. The molecule has 0 radical (unpaired) electrons. The van der Waals surface area contributed by atoms with Crippen LogP contribution in [0.1, 0.15) is 127 Å². The second-order valence-electron chi connectivity index (χ2n) is 22.5. The molecule has 12 nitrogen and oxygen atoms in total. The molecule has 4 unspecified atom stereocenters. The highest BCUT2D eigenvalue weighted by Crippen LogP contribution is 2.70. The lowest BCUT2D eigenvalue weighted by Gasteiger charge is -2.58. The number of hydrogen-bond donors (Lipinski definition) is 0. The molecule has 384 valence electrons. The third-order valence-corrected chi connectivity index (χ3v) is 18.4. The number of hydrogen-bond acceptors (Lipinski definition) is 12. The van der Waals surface area contributed by atoms with E-state index in [2.05, 4.69) is 33.8 Å². The average Bonchev–Trinajstić information content (AvgIpc) is 3.88. The zero-order valence-electron chi connectivity index (χ0n) is 42.3. The van der Waals surface area contributed by atoms with E-state index in [9.17, 15) is 19.2 Å². The van der Waals surface area contributed by atoms with Crippen LogP contribution in [0.15, 0.2) is 133 Å². The van der Waals surface area contributed by atoms with Gasteiger partial charge in [0.05, 0.1) is 41.1 Å². The molecule has 3 aliphatic heterocycles. The maximum atomic E-state index is 14.2. The molecule has 3 heterocycles. The highest BCUT2D eigenvalue weighted by Gasteiger charge is 2.69. The minimum atomic E-state index is -1.49. The Labute approximate surface area is 428 Å². The molecule has 16 atom stereocenters. The molecule has 3 saturated heterocycles. The quantitative estimate of drug-likeness (QED) is 0.0802. The maximum absolute atomic E-state index is 14.2. The van der Waals surface area contributed by atoms with Gasteiger partial charge in [-0.2, -0.15) is 0 Å². The highest BCUT2D eigenvalue weighted by molar-refractivity contribution is 5.91. The van der Waals surface area contributed by atoms with Crippen LogP contribution in [0.25, 0.3) is 0 Å². The summed E-state index contributed by atoms with van der Waals surface area (Å²) >= 11 is 0. The molecule has 0 amide bonds. The Morgan fingerprint density at radius 1 is 0.630 bits per heavy atom. The Morgan fingerprint density at radius 2 is 1.19 bits per heavy atom. The molecule has 3 saturated carbocycles. The molecule has 7 aliphatic rings. The van der Waals surface area contributed by atoms with Crippen LogP contribution in [0.3, 0.4) is 0 Å². The number of carbonyl (C=O) groups excluding carboxylic acids is 4. The first-order chi connectivity index (χ1) is 35.3. The molecular weight excluding hydrogens is 925 g/mol. The van der Waals surface area contributed by atoms with E-state index in [0.29, 0.717) is 53.9 Å². The van der Waals surface area contributed by atoms with Gasteiger partial charge < -0.3 is 37.9 Å². The third-order valence-electron chi connectivity index (χ3n) is 18.4. The lowest BCUT2D eigenvalue weighted by atomic mass is 9.47. The van der Waals surface area contributed by atoms with Crippen LogP contribution in [0.5, 0.6) is 0 Å². The smallest absolute Gasteiger partial charge is 0.338 e. The number of rotatable bonds is 11. The SMILES string of the molecule is C[C@@H]1CC[C@@]2(OC1)O[C@H]1C[C@H]3[C@@H]4CC=C5C[C@@H](O[C@@H]6OC(COC(=O)c7ccccc7)C(OC(=O)c7ccccc7)C(OC(=O)c7ccccc7)C6OC(=O)c6ccccc6)CC[C@]5(C)[C@H]4CC[C@]3(C)[C@H]1[C@@H]2C. The monoisotopic (exact) mass is 992 g/mol. The summed E-state index contributed by atoms with van der Waals surface area (Å²) in [4.78, 5) is 56.1. The molecule has 0 bridgehead atoms. The van der Waals surface area contributed by atoms with Crippen molar-refractivity contribution in [2.45, 2.75) is 134 Å². The van der Waals surface area contributed by atoms with Crippen LogP contribution in [-0.4, -0.2) is 85.8 Å². The molecule has 12 heteroatoms. The number of carbonyl (C=O) groups is 4. The molecule has 0 N–H and O–H groups in total. The average molecular weight is 993 g/mol. The van der Waals surface area contributed by atoms with E-state index in [1.165, 1.54) is 12.0 Å². The van der Waals surface area contributed by atoms with Crippen molar-refractivity contribution in [1.29, 1.82) is 0 Å². The van der Waals surface area contributed by atoms with Gasteiger partial charge in [-0.3, -0.25) is 0 Å². The molecule has 73 heavy (non-hydrogen) atoms. The molecule has 6 fully saturated rings. The van der Waals surface area contributed by atoms with E-state index < -0.39 is 67.0 Å². The zero-order valence-corrected chi connectivity index (χ0v) is 42.3. The lowest BCUT2D eigenvalue weighted by Crippen LogP contribution is -2.63. The Hall–Kier alpha value is -5.66. The Kier molecular flexibility index (Phi) is 13.7. The van der Waals surface area contributed by atoms with Crippen LogP contribution in [-0.2, 0) is 37.9 Å². The summed E-state index contributed by atoms with van der Waals surface area (Å²) in [6.07, 6.45) is 4.06. The predicted octanol–water partition coefficient (Wildman–Crippen LogP) is 11.0. The van der Waals surface area contributed by atoms with E-state index in [4.69, 9.17) is 37.9 Å². The van der Waals surface area contributed by atoms with Crippen LogP contribution in [0, 0.1) is 46.3 Å². The topological polar surface area (TPSA) is 142 Å². The first kappa shape index (κ1) is 49.5. The van der Waals surface area contributed by atoms with Crippen molar-refractivity contribution in [2.75, 3.05) is 13.2 Å². The summed E-state index contributed by atoms with van der Waals surface area (Å²) < 4.78 is 52.4. The number of esters is 4. The van der Waals surface area contributed by atoms with Gasteiger partial charge in [-0.05, 0) is 140 Å². The van der Waals surface area contributed by atoms with E-state index in [-0.39, 0.29) is 39.7 Å². The second kappa shape index (κ2) is 20.2. The van der Waals surface area contributed by atoms with Gasteiger partial charge in [0.15, 0.2) is 30.4 Å². The molecule has 0 aromatic heterocycles. The van der Waals surface area contributed by atoms with E-state index in [1.807, 2.05) is 0 Å². The molecule has 4 aromatic rings. The summed E-state index contributed by atoms with van der Waals surface area (Å²) in [5.74, 6) is -0.276. The van der Waals surface area contributed by atoms with Crippen molar-refractivity contribution in [2.24, 2.45) is 46.3 Å². The fourth-order valence-electron chi connectivity index (χ4n) is 14.6. The van der Waals surface area contributed by atoms with Crippen molar-refractivity contribution in [3.8, 4) is 0 Å². The van der Waals surface area contributed by atoms with Crippen LogP contribution < -0.4 is 0 Å². The largest absolute Gasteiger partial charge is 0.459 e. The van der Waals surface area contributed by atoms with Gasteiger partial charge in [-0.25, -0.2) is 19.2 Å². The summed E-state index contributed by atoms with van der Waals surface area (Å²) in [5.41, 5.74) is 2.50. The van der Waals surface area contributed by atoms with E-state index in [0.717, 1.165) is 45.1 Å². The van der Waals surface area contributed by atoms with Crippen molar-refractivity contribution in [1.82, 2.24) is 0 Å². The summed E-state index contributed by atoms with van der Waals surface area (Å²) in [7, 11) is 0. The van der Waals surface area contributed by atoms with Gasteiger partial charge in [-0.15, -0.1) is 0 Å². The first-order valence-electron chi connectivity index (χ1n) is 26.7. The number of ether oxygens (including phenoxy) is 8. The molecule has 4 aromatic carbocycles. The number of benzene rings is 4. The van der Waals surface area contributed by atoms with Gasteiger partial charge in [0, 0.05) is 12.3 Å². The van der Waals surface area contributed by atoms with Crippen LogP contribution in [0.4, 0.5) is 0 Å². The number of fused-ring (bicyclic) bond motifs is 7. The van der Waals surface area contributed by atoms with Gasteiger partial charge in [0.25, 0.3) is 0 Å². The summed E-state index contributed by atoms with van der Waals surface area (Å²) in [6.45, 7) is 10.0. The van der Waals surface area contributed by atoms with Crippen molar-refractivity contribution < 1.29 is 57.1 Å². The molecule has 11 rings (SSSR count). The minimum Gasteiger partial charge on any atom is -0.459 e. The van der Waals surface area contributed by atoms with Gasteiger partial charge in [0.1, 0.15) is 12.7 Å². The lowest BCUT2D eigenvalue weighted by molar-refractivity contribution is -0.310. The van der Waals surface area contributed by atoms with Gasteiger partial charge >= 0.3 is 23.9 Å². The van der Waals surface area contributed by atoms with Crippen molar-refractivity contribution >= 4 is 23.9 Å². The van der Waals surface area contributed by atoms with Crippen LogP contribution >= 0.6 is 0 Å². The molecular formula is C61H68O12. The third kappa shape index (κ3) is 9.35. The fraction of sp³-hybridized carbons (Fsp3) is 0.508. The van der Waals surface area contributed by atoms with Gasteiger partial charge in [0.2, 0.25) is 0 Å². The Morgan fingerprint density at radius 3 is 1.77 bits per heavy atom. The van der Waals surface area contributed by atoms with E-state index in [1.54, 1.807) is 121 Å². The molecule has 4 aliphatic carbocycles. The highest BCUT2D eigenvalue weighted by atomic mass is 16.7. The summed E-state index contributed by atoms with van der Waals surface area (Å²) in [6, 6.07) is 33.8. The summed E-state index contributed by atoms with van der Waals surface area (Å²) in [5, 5.41) is 0.